The van der Waals surface area contributed by atoms with Gasteiger partial charge < -0.3 is 4.84 Å². The van der Waals surface area contributed by atoms with E-state index in [-0.39, 0.29) is 0 Å². The number of hydrogen-bond donors (Lipinski definition) is 0. The van der Waals surface area contributed by atoms with E-state index in [1.165, 1.54) is 13.3 Å². The number of carbonyl (C=O) groups excluding carboxylic acids is 1. The molecule has 0 aliphatic heterocycles. The third kappa shape index (κ3) is 3.94. The number of aryl methyl sites for hydroxylation is 1. The molecule has 0 spiro atoms. The maximum atomic E-state index is 12.7. The Balaban J connectivity index is 2.11. The lowest BCUT2D eigenvalue weighted by Crippen LogP contribution is -2.13. The zero-order valence-electron chi connectivity index (χ0n) is 11.1. The monoisotopic (exact) mass is 375 g/mol. The summed E-state index contributed by atoms with van der Waals surface area (Å²) < 4.78 is 39.9. The highest BCUT2D eigenvalue weighted by molar-refractivity contribution is 9.10. The van der Waals surface area contributed by atoms with Crippen molar-refractivity contribution in [2.75, 3.05) is 0 Å². The summed E-state index contributed by atoms with van der Waals surface area (Å²) in [6, 6.07) is 6.86. The second-order valence-electron chi connectivity index (χ2n) is 4.23. The van der Waals surface area contributed by atoms with Gasteiger partial charge in [-0.05, 0) is 17.7 Å². The first-order valence-electron chi connectivity index (χ1n) is 5.88. The van der Waals surface area contributed by atoms with Gasteiger partial charge in [-0.2, -0.15) is 18.3 Å². The molecular weight excluding hydrogens is 367 g/mol. The van der Waals surface area contributed by atoms with Crippen LogP contribution in [0.4, 0.5) is 13.2 Å². The highest BCUT2D eigenvalue weighted by Gasteiger charge is 2.39. The Kier molecular flexibility index (Phi) is 4.65. The maximum absolute atomic E-state index is 12.7. The minimum Gasteiger partial charge on any atom is -0.313 e. The van der Waals surface area contributed by atoms with E-state index in [9.17, 15) is 18.0 Å². The van der Waals surface area contributed by atoms with Crippen molar-refractivity contribution < 1.29 is 22.8 Å². The van der Waals surface area contributed by atoms with Gasteiger partial charge in [-0.3, -0.25) is 4.68 Å². The second-order valence-corrected chi connectivity index (χ2v) is 5.14. The zero-order chi connectivity index (χ0) is 16.3. The standard InChI is InChI=1S/C13H9BrF3N3O2/c1-20-7-10(11(19-20)13(15,16)17)12(21)22-18-6-8-2-4-9(14)5-3-8/h2-7H,1H3/b18-6+. The number of hydrogen-bond acceptors (Lipinski definition) is 4. The number of benzene rings is 1. The lowest BCUT2D eigenvalue weighted by molar-refractivity contribution is -0.142. The lowest BCUT2D eigenvalue weighted by atomic mass is 10.2. The lowest BCUT2D eigenvalue weighted by Gasteiger charge is -2.03. The summed E-state index contributed by atoms with van der Waals surface area (Å²) in [5.74, 6) is -1.23. The summed E-state index contributed by atoms with van der Waals surface area (Å²) in [5.41, 5.74) is -1.37. The number of oxime groups is 1. The van der Waals surface area contributed by atoms with Crippen molar-refractivity contribution in [3.8, 4) is 0 Å². The van der Waals surface area contributed by atoms with Crippen molar-refractivity contribution in [2.24, 2.45) is 12.2 Å². The smallest absolute Gasteiger partial charge is 0.313 e. The molecule has 0 amide bonds. The van der Waals surface area contributed by atoms with Gasteiger partial charge in [0.05, 0.1) is 6.21 Å². The molecule has 1 heterocycles. The van der Waals surface area contributed by atoms with Gasteiger partial charge in [0.2, 0.25) is 0 Å². The fraction of sp³-hybridized carbons (Fsp3) is 0.154. The SMILES string of the molecule is Cn1cc(C(=O)O/N=C/c2ccc(Br)cc2)c(C(F)(F)F)n1. The van der Waals surface area contributed by atoms with Crippen molar-refractivity contribution in [1.29, 1.82) is 0 Å². The third-order valence-electron chi connectivity index (χ3n) is 2.52. The van der Waals surface area contributed by atoms with Gasteiger partial charge in [-0.25, -0.2) is 4.79 Å². The molecule has 1 aromatic heterocycles. The van der Waals surface area contributed by atoms with Crippen LogP contribution in [0.5, 0.6) is 0 Å². The van der Waals surface area contributed by atoms with Gasteiger partial charge in [0.1, 0.15) is 5.56 Å². The number of halogens is 4. The molecule has 0 unspecified atom stereocenters. The van der Waals surface area contributed by atoms with Crippen molar-refractivity contribution in [3.63, 3.8) is 0 Å². The largest absolute Gasteiger partial charge is 0.436 e. The topological polar surface area (TPSA) is 56.5 Å². The predicted molar refractivity (Wildman–Crippen MR) is 75.4 cm³/mol. The molecule has 0 N–H and O–H groups in total. The van der Waals surface area contributed by atoms with Crippen LogP contribution in [-0.2, 0) is 18.1 Å². The second kappa shape index (κ2) is 6.30. The molecule has 0 bridgehead atoms. The molecule has 22 heavy (non-hydrogen) atoms. The third-order valence-corrected chi connectivity index (χ3v) is 3.05. The number of rotatable bonds is 3. The molecule has 0 saturated carbocycles. The van der Waals surface area contributed by atoms with Gasteiger partial charge in [0.15, 0.2) is 5.69 Å². The fourth-order valence-electron chi connectivity index (χ4n) is 1.58. The van der Waals surface area contributed by atoms with Crippen LogP contribution < -0.4 is 0 Å². The normalized spacial score (nSPS) is 11.9. The van der Waals surface area contributed by atoms with E-state index >= 15 is 0 Å². The fourth-order valence-corrected chi connectivity index (χ4v) is 1.84. The van der Waals surface area contributed by atoms with Crippen molar-refractivity contribution >= 4 is 28.1 Å². The molecular formula is C13H9BrF3N3O2. The van der Waals surface area contributed by atoms with Crippen LogP contribution in [0.25, 0.3) is 0 Å². The van der Waals surface area contributed by atoms with Gasteiger partial charge in [0, 0.05) is 17.7 Å². The number of nitrogens with zero attached hydrogens (tertiary/aromatic N) is 3. The molecule has 0 saturated heterocycles. The van der Waals surface area contributed by atoms with Crippen molar-refractivity contribution in [3.05, 3.63) is 51.8 Å². The molecule has 0 aliphatic rings. The van der Waals surface area contributed by atoms with E-state index in [4.69, 9.17) is 0 Å². The molecule has 116 valence electrons. The summed E-state index contributed by atoms with van der Waals surface area (Å²) in [7, 11) is 1.27. The average Bonchev–Trinajstić information content (AvgIpc) is 2.83. The maximum Gasteiger partial charge on any atom is 0.436 e. The first kappa shape index (κ1) is 16.2. The number of carbonyl (C=O) groups is 1. The zero-order valence-corrected chi connectivity index (χ0v) is 12.7. The summed E-state index contributed by atoms with van der Waals surface area (Å²) in [5, 5.41) is 6.60. The summed E-state index contributed by atoms with van der Waals surface area (Å²) in [4.78, 5) is 16.1. The first-order valence-corrected chi connectivity index (χ1v) is 6.68. The molecule has 9 heteroatoms. The number of alkyl halides is 3. The van der Waals surface area contributed by atoms with Crippen LogP contribution in [0.3, 0.4) is 0 Å². The van der Waals surface area contributed by atoms with Gasteiger partial charge in [0.25, 0.3) is 0 Å². The average molecular weight is 376 g/mol. The van der Waals surface area contributed by atoms with E-state index in [0.717, 1.165) is 15.4 Å². The minimum absolute atomic E-state index is 0.623. The van der Waals surface area contributed by atoms with Crippen LogP contribution >= 0.6 is 15.9 Å². The first-order chi connectivity index (χ1) is 10.3. The molecule has 0 radical (unpaired) electrons. The minimum atomic E-state index is -4.75. The van der Waals surface area contributed by atoms with Crippen LogP contribution in [0, 0.1) is 0 Å². The Morgan fingerprint density at radius 3 is 2.59 bits per heavy atom. The highest BCUT2D eigenvalue weighted by Crippen LogP contribution is 2.30. The van der Waals surface area contributed by atoms with Crippen molar-refractivity contribution in [1.82, 2.24) is 9.78 Å². The van der Waals surface area contributed by atoms with Crippen LogP contribution in [0.2, 0.25) is 0 Å². The molecule has 2 aromatic rings. The van der Waals surface area contributed by atoms with E-state index in [0.29, 0.717) is 5.56 Å². The Morgan fingerprint density at radius 2 is 2.00 bits per heavy atom. The van der Waals surface area contributed by atoms with Crippen molar-refractivity contribution in [2.45, 2.75) is 6.18 Å². The van der Waals surface area contributed by atoms with Gasteiger partial charge in [-0.1, -0.05) is 33.2 Å². The molecule has 5 nitrogen and oxygen atoms in total. The molecule has 0 aliphatic carbocycles. The summed E-state index contributed by atoms with van der Waals surface area (Å²) >= 11 is 3.25. The van der Waals surface area contributed by atoms with Crippen LogP contribution in [0.15, 0.2) is 40.1 Å². The van der Waals surface area contributed by atoms with Gasteiger partial charge in [-0.15, -0.1) is 0 Å². The highest BCUT2D eigenvalue weighted by atomic mass is 79.9. The number of aromatic nitrogens is 2. The molecule has 1 aromatic carbocycles. The Labute approximate surface area is 131 Å². The summed E-state index contributed by atoms with van der Waals surface area (Å²) in [6.45, 7) is 0. The Bertz CT molecular complexity index is 708. The van der Waals surface area contributed by atoms with Crippen LogP contribution in [0.1, 0.15) is 21.6 Å². The molecule has 0 fully saturated rings. The van der Waals surface area contributed by atoms with E-state index in [2.05, 4.69) is 31.0 Å². The molecule has 0 atom stereocenters. The predicted octanol–water partition coefficient (Wildman–Crippen LogP) is 3.39. The summed E-state index contributed by atoms with van der Waals surface area (Å²) in [6.07, 6.45) is -2.60. The Morgan fingerprint density at radius 1 is 1.36 bits per heavy atom. The molecule has 2 rings (SSSR count). The van der Waals surface area contributed by atoms with Crippen LogP contribution in [-0.4, -0.2) is 22.0 Å². The van der Waals surface area contributed by atoms with E-state index < -0.39 is 23.4 Å². The Hall–Kier alpha value is -2.16. The quantitative estimate of drug-likeness (QED) is 0.469. The van der Waals surface area contributed by atoms with E-state index in [1.54, 1.807) is 24.3 Å². The van der Waals surface area contributed by atoms with E-state index in [1.807, 2.05) is 0 Å². The van der Waals surface area contributed by atoms with Gasteiger partial charge >= 0.3 is 12.1 Å².